The van der Waals surface area contributed by atoms with Crippen LogP contribution in [0, 0.1) is 13.8 Å². The van der Waals surface area contributed by atoms with E-state index in [2.05, 4.69) is 29.4 Å². The minimum atomic E-state index is -0.0455. The molecule has 0 fully saturated rings. The van der Waals surface area contributed by atoms with E-state index in [0.29, 0.717) is 13.0 Å². The lowest BCUT2D eigenvalue weighted by Crippen LogP contribution is -2.15. The minimum absolute atomic E-state index is 0.0455. The predicted octanol–water partition coefficient (Wildman–Crippen LogP) is 3.47. The molecule has 0 bridgehead atoms. The zero-order valence-corrected chi connectivity index (χ0v) is 15.9. The summed E-state index contributed by atoms with van der Waals surface area (Å²) < 4.78 is 9.02. The molecule has 0 aliphatic heterocycles. The first kappa shape index (κ1) is 18.0. The number of nitrogens with one attached hydrogen (secondary N) is 1. The Morgan fingerprint density at radius 1 is 1.31 bits per heavy atom. The van der Waals surface area contributed by atoms with Gasteiger partial charge in [0, 0.05) is 18.2 Å². The predicted molar refractivity (Wildman–Crippen MR) is 102 cm³/mol. The summed E-state index contributed by atoms with van der Waals surface area (Å²) in [5.41, 5.74) is 4.69. The Balaban J connectivity index is 1.69. The van der Waals surface area contributed by atoms with Crippen molar-refractivity contribution in [2.45, 2.75) is 46.7 Å². The number of ether oxygens (including phenoxy) is 1. The molecule has 7 nitrogen and oxygen atoms in total. The molecule has 0 unspecified atom stereocenters. The molecule has 0 aliphatic carbocycles. The van der Waals surface area contributed by atoms with Gasteiger partial charge in [-0.15, -0.1) is 0 Å². The van der Waals surface area contributed by atoms with Gasteiger partial charge in [-0.1, -0.05) is 0 Å². The second kappa shape index (κ2) is 7.19. The molecule has 2 aromatic heterocycles. The van der Waals surface area contributed by atoms with Crippen LogP contribution >= 0.6 is 0 Å². The van der Waals surface area contributed by atoms with Crippen molar-refractivity contribution >= 4 is 22.6 Å². The van der Waals surface area contributed by atoms with Crippen LogP contribution in [-0.4, -0.2) is 32.6 Å². The third kappa shape index (κ3) is 3.42. The molecule has 0 atom stereocenters. The summed E-state index contributed by atoms with van der Waals surface area (Å²) in [5.74, 6) is 0.730. The molecule has 26 heavy (non-hydrogen) atoms. The maximum absolute atomic E-state index is 12.3. The van der Waals surface area contributed by atoms with Gasteiger partial charge in [-0.3, -0.25) is 14.2 Å². The van der Waals surface area contributed by atoms with Crippen LogP contribution in [0.15, 0.2) is 24.4 Å². The molecule has 0 saturated heterocycles. The zero-order chi connectivity index (χ0) is 18.8. The number of methoxy groups -OCH3 is 1. The summed E-state index contributed by atoms with van der Waals surface area (Å²) in [7, 11) is 1.63. The summed E-state index contributed by atoms with van der Waals surface area (Å²) in [5, 5.41) is 12.0. The molecule has 7 heteroatoms. The minimum Gasteiger partial charge on any atom is -0.497 e. The van der Waals surface area contributed by atoms with Gasteiger partial charge in [0.1, 0.15) is 16.8 Å². The normalized spacial score (nSPS) is 11.3. The van der Waals surface area contributed by atoms with Gasteiger partial charge in [0.25, 0.3) is 0 Å². The Labute approximate surface area is 152 Å². The fraction of sp³-hybridized carbons (Fsp3) is 0.421. The van der Waals surface area contributed by atoms with Crippen LogP contribution in [0.5, 0.6) is 5.75 Å². The SMILES string of the molecule is COc1ccc(NC(=O)CCn2ncc3c2c(C)nn3C(C)C)c(C)c1. The number of aryl methyl sites for hydroxylation is 3. The number of hydrogen-bond donors (Lipinski definition) is 1. The standard InChI is InChI=1S/C19H25N5O2/c1-12(2)24-17-11-20-23(19(17)14(4)22-24)9-8-18(25)21-16-7-6-15(26-5)10-13(16)3/h6-7,10-12H,8-9H2,1-5H3,(H,21,25). The highest BCUT2D eigenvalue weighted by atomic mass is 16.5. The summed E-state index contributed by atoms with van der Waals surface area (Å²) in [6.45, 7) is 8.61. The number of hydrogen-bond acceptors (Lipinski definition) is 4. The second-order valence-corrected chi connectivity index (χ2v) is 6.70. The maximum Gasteiger partial charge on any atom is 0.226 e. The molecule has 1 aromatic carbocycles. The maximum atomic E-state index is 12.3. The first-order valence-electron chi connectivity index (χ1n) is 8.75. The van der Waals surface area contributed by atoms with E-state index in [1.807, 2.05) is 47.6 Å². The fourth-order valence-corrected chi connectivity index (χ4v) is 3.06. The molecule has 0 spiro atoms. The average molecular weight is 355 g/mol. The van der Waals surface area contributed by atoms with Crippen LogP contribution in [0.3, 0.4) is 0 Å². The highest BCUT2D eigenvalue weighted by molar-refractivity contribution is 5.91. The van der Waals surface area contributed by atoms with E-state index in [0.717, 1.165) is 33.7 Å². The summed E-state index contributed by atoms with van der Waals surface area (Å²) in [6, 6.07) is 5.86. The Morgan fingerprint density at radius 2 is 2.08 bits per heavy atom. The first-order valence-corrected chi connectivity index (χ1v) is 8.75. The molecule has 2 heterocycles. The Kier molecular flexibility index (Phi) is 4.97. The van der Waals surface area contributed by atoms with Gasteiger partial charge in [0.05, 0.1) is 25.5 Å². The van der Waals surface area contributed by atoms with Crippen molar-refractivity contribution in [3.8, 4) is 5.75 Å². The highest BCUT2D eigenvalue weighted by Crippen LogP contribution is 2.23. The number of benzene rings is 1. The topological polar surface area (TPSA) is 74.0 Å². The Morgan fingerprint density at radius 3 is 2.73 bits per heavy atom. The number of rotatable bonds is 6. The lowest BCUT2D eigenvalue weighted by Gasteiger charge is -2.10. The summed E-state index contributed by atoms with van der Waals surface area (Å²) >= 11 is 0. The van der Waals surface area contributed by atoms with Crippen molar-refractivity contribution in [2.24, 2.45) is 0 Å². The van der Waals surface area contributed by atoms with Gasteiger partial charge in [-0.25, -0.2) is 0 Å². The van der Waals surface area contributed by atoms with Crippen molar-refractivity contribution in [1.82, 2.24) is 19.6 Å². The number of fused-ring (bicyclic) bond motifs is 1. The van der Waals surface area contributed by atoms with Crippen molar-refractivity contribution in [3.05, 3.63) is 35.7 Å². The molecule has 0 aliphatic rings. The molecular weight excluding hydrogens is 330 g/mol. The molecule has 0 saturated carbocycles. The zero-order valence-electron chi connectivity index (χ0n) is 15.9. The van der Waals surface area contributed by atoms with Crippen molar-refractivity contribution in [3.63, 3.8) is 0 Å². The van der Waals surface area contributed by atoms with E-state index in [1.54, 1.807) is 7.11 Å². The number of amides is 1. The molecule has 138 valence electrons. The van der Waals surface area contributed by atoms with E-state index in [1.165, 1.54) is 0 Å². The molecule has 3 rings (SSSR count). The number of aromatic nitrogens is 4. The lowest BCUT2D eigenvalue weighted by atomic mass is 10.2. The molecular formula is C19H25N5O2. The van der Waals surface area contributed by atoms with Gasteiger partial charge >= 0.3 is 0 Å². The van der Waals surface area contributed by atoms with Gasteiger partial charge in [-0.2, -0.15) is 10.2 Å². The smallest absolute Gasteiger partial charge is 0.226 e. The van der Waals surface area contributed by atoms with Crippen LogP contribution in [0.25, 0.3) is 11.0 Å². The van der Waals surface area contributed by atoms with Gasteiger partial charge in [0.2, 0.25) is 5.91 Å². The van der Waals surface area contributed by atoms with E-state index in [9.17, 15) is 4.79 Å². The number of carbonyl (C=O) groups excluding carboxylic acids is 1. The summed E-state index contributed by atoms with van der Waals surface area (Å²) in [6.07, 6.45) is 2.16. The first-order chi connectivity index (χ1) is 12.4. The van der Waals surface area contributed by atoms with E-state index >= 15 is 0 Å². The largest absolute Gasteiger partial charge is 0.497 e. The number of nitrogens with zero attached hydrogens (tertiary/aromatic N) is 4. The van der Waals surface area contributed by atoms with E-state index < -0.39 is 0 Å². The summed E-state index contributed by atoms with van der Waals surface area (Å²) in [4.78, 5) is 12.3. The van der Waals surface area contributed by atoms with E-state index in [-0.39, 0.29) is 11.9 Å². The van der Waals surface area contributed by atoms with Crippen molar-refractivity contribution in [2.75, 3.05) is 12.4 Å². The van der Waals surface area contributed by atoms with Crippen LogP contribution in [-0.2, 0) is 11.3 Å². The molecule has 0 radical (unpaired) electrons. The second-order valence-electron chi connectivity index (χ2n) is 6.70. The monoisotopic (exact) mass is 355 g/mol. The fourth-order valence-electron chi connectivity index (χ4n) is 3.06. The molecule has 1 N–H and O–H groups in total. The third-order valence-electron chi connectivity index (χ3n) is 4.41. The Hall–Kier alpha value is -2.83. The average Bonchev–Trinajstić information content (AvgIpc) is 3.16. The van der Waals surface area contributed by atoms with E-state index in [4.69, 9.17) is 4.74 Å². The quantitative estimate of drug-likeness (QED) is 0.735. The van der Waals surface area contributed by atoms with Crippen molar-refractivity contribution < 1.29 is 9.53 Å². The van der Waals surface area contributed by atoms with Crippen LogP contribution < -0.4 is 10.1 Å². The lowest BCUT2D eigenvalue weighted by molar-refractivity contribution is -0.116. The van der Waals surface area contributed by atoms with Crippen LogP contribution in [0.1, 0.15) is 37.6 Å². The van der Waals surface area contributed by atoms with Gasteiger partial charge < -0.3 is 10.1 Å². The van der Waals surface area contributed by atoms with Gasteiger partial charge in [0.15, 0.2) is 0 Å². The third-order valence-corrected chi connectivity index (χ3v) is 4.41. The number of anilines is 1. The highest BCUT2D eigenvalue weighted by Gasteiger charge is 2.16. The molecule has 3 aromatic rings. The van der Waals surface area contributed by atoms with Crippen LogP contribution in [0.2, 0.25) is 0 Å². The van der Waals surface area contributed by atoms with Crippen molar-refractivity contribution in [1.29, 1.82) is 0 Å². The molecule has 1 amide bonds. The van der Waals surface area contributed by atoms with Crippen LogP contribution in [0.4, 0.5) is 5.69 Å². The van der Waals surface area contributed by atoms with Gasteiger partial charge in [-0.05, 0) is 51.5 Å². The number of carbonyl (C=O) groups is 1. The Bertz CT molecular complexity index is 939.